The lowest BCUT2D eigenvalue weighted by molar-refractivity contribution is -0.384. The van der Waals surface area contributed by atoms with Crippen LogP contribution >= 0.6 is 0 Å². The highest BCUT2D eigenvalue weighted by Gasteiger charge is 2.29. The molecule has 3 rings (SSSR count). The summed E-state index contributed by atoms with van der Waals surface area (Å²) in [5, 5.41) is 11.4. The molecule has 10 heteroatoms. The molecule has 2 amide bonds. The average Bonchev–Trinajstić information content (AvgIpc) is 3.14. The Hall–Kier alpha value is -2.36. The molecule has 2 fully saturated rings. The highest BCUT2D eigenvalue weighted by Crippen LogP contribution is 2.31. The van der Waals surface area contributed by atoms with Gasteiger partial charge in [0.2, 0.25) is 0 Å². The highest BCUT2D eigenvalue weighted by atomic mass is 32.2. The number of piperazine rings is 1. The number of nitro groups is 1. The summed E-state index contributed by atoms with van der Waals surface area (Å²) in [5.41, 5.74) is 0.155. The van der Waals surface area contributed by atoms with Crippen molar-refractivity contribution in [2.45, 2.75) is 17.7 Å². The third-order valence-electron chi connectivity index (χ3n) is 4.84. The third-order valence-corrected chi connectivity index (χ3v) is 5.95. The quantitative estimate of drug-likeness (QED) is 0.577. The van der Waals surface area contributed by atoms with Gasteiger partial charge in [0.1, 0.15) is 5.69 Å². The zero-order valence-electron chi connectivity index (χ0n) is 14.6. The predicted octanol–water partition coefficient (Wildman–Crippen LogP) is 1.34. The van der Waals surface area contributed by atoms with E-state index in [1.165, 1.54) is 12.1 Å². The Kier molecular flexibility index (Phi) is 5.03. The van der Waals surface area contributed by atoms with Crippen LogP contribution in [0.15, 0.2) is 23.1 Å². The first kappa shape index (κ1) is 18.4. The second kappa shape index (κ2) is 7.10. The van der Waals surface area contributed by atoms with Gasteiger partial charge in [0.15, 0.2) is 9.84 Å². The topological polar surface area (TPSA) is 104 Å². The van der Waals surface area contributed by atoms with Gasteiger partial charge in [-0.25, -0.2) is 13.2 Å². The van der Waals surface area contributed by atoms with Crippen LogP contribution in [-0.2, 0) is 9.84 Å². The standard InChI is InChI=1S/C16H22N4O5S/c1-26(24,25)13-4-5-14(15(12-13)20(22)23)17-8-10-19(11-9-17)16(21)18-6-2-3-7-18/h4-5,12H,2-3,6-11H2,1H3. The number of urea groups is 1. The number of likely N-dealkylation sites (tertiary alicyclic amines) is 1. The fourth-order valence-electron chi connectivity index (χ4n) is 3.39. The molecule has 2 aliphatic rings. The summed E-state index contributed by atoms with van der Waals surface area (Å²) in [5.74, 6) is 0. The zero-order chi connectivity index (χ0) is 18.9. The zero-order valence-corrected chi connectivity index (χ0v) is 15.4. The highest BCUT2D eigenvalue weighted by molar-refractivity contribution is 7.90. The van der Waals surface area contributed by atoms with E-state index in [0.717, 1.165) is 38.3 Å². The van der Waals surface area contributed by atoms with Gasteiger partial charge in [-0.15, -0.1) is 0 Å². The Morgan fingerprint density at radius 3 is 2.15 bits per heavy atom. The maximum atomic E-state index is 12.4. The maximum absolute atomic E-state index is 12.4. The summed E-state index contributed by atoms with van der Waals surface area (Å²) >= 11 is 0. The smallest absolute Gasteiger partial charge is 0.320 e. The van der Waals surface area contributed by atoms with E-state index in [4.69, 9.17) is 0 Å². The van der Waals surface area contributed by atoms with Crippen molar-refractivity contribution < 1.29 is 18.1 Å². The molecule has 2 aliphatic heterocycles. The average molecular weight is 382 g/mol. The first-order valence-electron chi connectivity index (χ1n) is 8.54. The van der Waals surface area contributed by atoms with E-state index in [1.807, 2.05) is 9.80 Å². The molecule has 0 N–H and O–H groups in total. The van der Waals surface area contributed by atoms with Gasteiger partial charge in [-0.05, 0) is 25.0 Å². The van der Waals surface area contributed by atoms with Crippen molar-refractivity contribution in [3.8, 4) is 0 Å². The van der Waals surface area contributed by atoms with Crippen LogP contribution < -0.4 is 4.90 Å². The first-order chi connectivity index (χ1) is 12.3. The number of rotatable bonds is 3. The van der Waals surface area contributed by atoms with Crippen molar-refractivity contribution in [2.75, 3.05) is 50.4 Å². The minimum atomic E-state index is -3.52. The molecular weight excluding hydrogens is 360 g/mol. The van der Waals surface area contributed by atoms with E-state index in [0.29, 0.717) is 31.9 Å². The van der Waals surface area contributed by atoms with Crippen molar-refractivity contribution >= 4 is 27.2 Å². The normalized spacial score (nSPS) is 18.3. The van der Waals surface area contributed by atoms with Crippen LogP contribution in [0.1, 0.15) is 12.8 Å². The number of hydrogen-bond donors (Lipinski definition) is 0. The van der Waals surface area contributed by atoms with Crippen molar-refractivity contribution in [1.29, 1.82) is 0 Å². The predicted molar refractivity (Wildman–Crippen MR) is 96.2 cm³/mol. The number of amides is 2. The number of anilines is 1. The number of nitrogens with zero attached hydrogens (tertiary/aromatic N) is 4. The maximum Gasteiger partial charge on any atom is 0.320 e. The number of hydrogen-bond acceptors (Lipinski definition) is 6. The molecule has 0 bridgehead atoms. The van der Waals surface area contributed by atoms with Crippen molar-refractivity contribution in [2.24, 2.45) is 0 Å². The SMILES string of the molecule is CS(=O)(=O)c1ccc(N2CCN(C(=O)N3CCCC3)CC2)c([N+](=O)[O-])c1. The van der Waals surface area contributed by atoms with E-state index in [1.54, 1.807) is 4.90 Å². The molecule has 9 nitrogen and oxygen atoms in total. The molecule has 142 valence electrons. The van der Waals surface area contributed by atoms with Crippen LogP contribution in [0.4, 0.5) is 16.2 Å². The molecule has 0 spiro atoms. The van der Waals surface area contributed by atoms with Crippen molar-refractivity contribution in [3.05, 3.63) is 28.3 Å². The van der Waals surface area contributed by atoms with Gasteiger partial charge in [0.25, 0.3) is 5.69 Å². The third kappa shape index (κ3) is 3.74. The number of nitro benzene ring substituents is 1. The van der Waals surface area contributed by atoms with Crippen molar-refractivity contribution in [3.63, 3.8) is 0 Å². The van der Waals surface area contributed by atoms with Crippen LogP contribution in [0.2, 0.25) is 0 Å². The molecule has 1 aromatic carbocycles. The fraction of sp³-hybridized carbons (Fsp3) is 0.562. The number of carbonyl (C=O) groups excluding carboxylic acids is 1. The van der Waals surface area contributed by atoms with E-state index in [9.17, 15) is 23.3 Å². The van der Waals surface area contributed by atoms with Crippen LogP contribution in [0.5, 0.6) is 0 Å². The van der Waals surface area contributed by atoms with Gasteiger partial charge >= 0.3 is 6.03 Å². The largest absolute Gasteiger partial charge is 0.362 e. The summed E-state index contributed by atoms with van der Waals surface area (Å²) in [7, 11) is -3.52. The second-order valence-electron chi connectivity index (χ2n) is 6.63. The van der Waals surface area contributed by atoms with E-state index in [2.05, 4.69) is 0 Å². The molecule has 26 heavy (non-hydrogen) atoms. The Balaban J connectivity index is 1.74. The van der Waals surface area contributed by atoms with Crippen LogP contribution in [0.3, 0.4) is 0 Å². The minimum Gasteiger partial charge on any atom is -0.362 e. The van der Waals surface area contributed by atoms with Gasteiger partial charge in [-0.3, -0.25) is 10.1 Å². The first-order valence-corrected chi connectivity index (χ1v) is 10.4. The molecule has 2 saturated heterocycles. The lowest BCUT2D eigenvalue weighted by atomic mass is 10.2. The van der Waals surface area contributed by atoms with Gasteiger partial charge in [0.05, 0.1) is 9.82 Å². The van der Waals surface area contributed by atoms with E-state index in [-0.39, 0.29) is 16.6 Å². The summed E-state index contributed by atoms with van der Waals surface area (Å²) < 4.78 is 23.3. The molecule has 0 aromatic heterocycles. The Labute approximate surface area is 152 Å². The molecular formula is C16H22N4O5S. The van der Waals surface area contributed by atoms with E-state index >= 15 is 0 Å². The molecule has 0 saturated carbocycles. The monoisotopic (exact) mass is 382 g/mol. The molecule has 0 atom stereocenters. The summed E-state index contributed by atoms with van der Waals surface area (Å²) in [6, 6.07) is 4.00. The van der Waals surface area contributed by atoms with E-state index < -0.39 is 14.8 Å². The lowest BCUT2D eigenvalue weighted by Crippen LogP contribution is -2.52. The van der Waals surface area contributed by atoms with Crippen LogP contribution in [0, 0.1) is 10.1 Å². The lowest BCUT2D eigenvalue weighted by Gasteiger charge is -2.37. The molecule has 0 unspecified atom stereocenters. The fourth-order valence-corrected chi connectivity index (χ4v) is 4.04. The minimum absolute atomic E-state index is 0.0316. The Morgan fingerprint density at radius 1 is 1.04 bits per heavy atom. The van der Waals surface area contributed by atoms with Crippen LogP contribution in [-0.4, -0.2) is 74.7 Å². The van der Waals surface area contributed by atoms with Gasteiger partial charge in [-0.2, -0.15) is 0 Å². The Morgan fingerprint density at radius 2 is 1.62 bits per heavy atom. The van der Waals surface area contributed by atoms with Gasteiger partial charge in [0, 0.05) is 51.6 Å². The second-order valence-corrected chi connectivity index (χ2v) is 8.65. The van der Waals surface area contributed by atoms with Gasteiger partial charge in [-0.1, -0.05) is 0 Å². The number of carbonyl (C=O) groups is 1. The molecule has 0 radical (unpaired) electrons. The van der Waals surface area contributed by atoms with Gasteiger partial charge < -0.3 is 14.7 Å². The number of benzene rings is 1. The summed E-state index contributed by atoms with van der Waals surface area (Å²) in [4.78, 5) is 28.7. The van der Waals surface area contributed by atoms with Crippen molar-refractivity contribution in [1.82, 2.24) is 9.80 Å². The molecule has 0 aliphatic carbocycles. The number of sulfone groups is 1. The molecule has 2 heterocycles. The summed E-state index contributed by atoms with van der Waals surface area (Å²) in [6.07, 6.45) is 3.09. The summed E-state index contributed by atoms with van der Waals surface area (Å²) in [6.45, 7) is 3.49. The Bertz CT molecular complexity index is 812. The van der Waals surface area contributed by atoms with Crippen LogP contribution in [0.25, 0.3) is 0 Å². The molecule has 1 aromatic rings.